The Balaban J connectivity index is 1.86. The molecule has 1 amide bonds. The first-order valence-corrected chi connectivity index (χ1v) is 6.83. The van der Waals surface area contributed by atoms with Gasteiger partial charge in [-0.3, -0.25) is 9.89 Å². The highest BCUT2D eigenvalue weighted by Crippen LogP contribution is 2.42. The maximum absolute atomic E-state index is 12.0. The van der Waals surface area contributed by atoms with Crippen LogP contribution < -0.4 is 11.1 Å². The van der Waals surface area contributed by atoms with E-state index < -0.39 is 0 Å². The quantitative estimate of drug-likeness (QED) is 0.714. The summed E-state index contributed by atoms with van der Waals surface area (Å²) in [6.07, 6.45) is 2.26. The number of hydrogen-bond acceptors (Lipinski definition) is 4. The fraction of sp³-hybridized carbons (Fsp3) is 0.692. The Labute approximate surface area is 113 Å². The number of aromatic nitrogens is 2. The third-order valence-corrected chi connectivity index (χ3v) is 3.67. The van der Waals surface area contributed by atoms with E-state index in [2.05, 4.69) is 34.3 Å². The average molecular weight is 265 g/mol. The summed E-state index contributed by atoms with van der Waals surface area (Å²) in [5.74, 6) is 0.277. The minimum Gasteiger partial charge on any atom is -0.395 e. The van der Waals surface area contributed by atoms with Gasteiger partial charge in [0.1, 0.15) is 0 Å². The van der Waals surface area contributed by atoms with Crippen molar-refractivity contribution in [3.63, 3.8) is 0 Å². The number of nitrogen functional groups attached to an aromatic ring is 1. The maximum Gasteiger partial charge on any atom is 0.273 e. The summed E-state index contributed by atoms with van der Waals surface area (Å²) >= 11 is 0. The first kappa shape index (κ1) is 13.9. The predicted octanol–water partition coefficient (Wildman–Crippen LogP) is 0.939. The summed E-state index contributed by atoms with van der Waals surface area (Å²) in [6.45, 7) is 5.65. The first-order valence-electron chi connectivity index (χ1n) is 6.83. The number of nitrogens with zero attached hydrogens (tertiary/aromatic N) is 2. The molecule has 0 atom stereocenters. The lowest BCUT2D eigenvalue weighted by molar-refractivity contribution is 0.0944. The van der Waals surface area contributed by atoms with Crippen molar-refractivity contribution < 1.29 is 4.79 Å². The Bertz CT molecular complexity index is 450. The molecule has 0 spiro atoms. The van der Waals surface area contributed by atoms with Gasteiger partial charge in [-0.15, -0.1) is 0 Å². The number of amides is 1. The van der Waals surface area contributed by atoms with E-state index in [0.29, 0.717) is 29.9 Å². The molecule has 2 rings (SSSR count). The third-order valence-electron chi connectivity index (χ3n) is 3.67. The van der Waals surface area contributed by atoms with Crippen LogP contribution in [0.4, 0.5) is 5.69 Å². The van der Waals surface area contributed by atoms with E-state index in [1.165, 1.54) is 0 Å². The van der Waals surface area contributed by atoms with Crippen LogP contribution in [0.3, 0.4) is 0 Å². The molecule has 106 valence electrons. The SMILES string of the molecule is CC(C)N(C)CCNC(=O)c1n[nH]c(C2CC2)c1N. The molecule has 0 bridgehead atoms. The molecule has 1 aliphatic rings. The number of nitrogens with one attached hydrogen (secondary N) is 2. The Morgan fingerprint density at radius 3 is 2.84 bits per heavy atom. The summed E-state index contributed by atoms with van der Waals surface area (Å²) in [5, 5.41) is 9.78. The van der Waals surface area contributed by atoms with Gasteiger partial charge >= 0.3 is 0 Å². The zero-order valence-electron chi connectivity index (χ0n) is 11.9. The fourth-order valence-corrected chi connectivity index (χ4v) is 1.91. The third kappa shape index (κ3) is 3.26. The second kappa shape index (κ2) is 5.61. The highest BCUT2D eigenvalue weighted by molar-refractivity contribution is 5.97. The van der Waals surface area contributed by atoms with Crippen LogP contribution in [0.2, 0.25) is 0 Å². The fourth-order valence-electron chi connectivity index (χ4n) is 1.91. The van der Waals surface area contributed by atoms with E-state index in [0.717, 1.165) is 25.1 Å². The highest BCUT2D eigenvalue weighted by atomic mass is 16.1. The summed E-state index contributed by atoms with van der Waals surface area (Å²) in [5.41, 5.74) is 7.72. The number of anilines is 1. The zero-order chi connectivity index (χ0) is 14.0. The Hall–Kier alpha value is -1.56. The van der Waals surface area contributed by atoms with Gasteiger partial charge in [0.2, 0.25) is 0 Å². The lowest BCUT2D eigenvalue weighted by Gasteiger charge is -2.20. The number of rotatable bonds is 6. The summed E-state index contributed by atoms with van der Waals surface area (Å²) in [7, 11) is 2.03. The first-order chi connectivity index (χ1) is 9.00. The summed E-state index contributed by atoms with van der Waals surface area (Å²) < 4.78 is 0. The van der Waals surface area contributed by atoms with Crippen LogP contribution in [0, 0.1) is 0 Å². The minimum absolute atomic E-state index is 0.196. The van der Waals surface area contributed by atoms with Crippen LogP contribution in [0.15, 0.2) is 0 Å². The average Bonchev–Trinajstić information content (AvgIpc) is 3.12. The molecule has 1 fully saturated rings. The van der Waals surface area contributed by atoms with E-state index in [1.807, 2.05) is 7.05 Å². The Morgan fingerprint density at radius 1 is 1.58 bits per heavy atom. The van der Waals surface area contributed by atoms with Crippen molar-refractivity contribution in [1.29, 1.82) is 0 Å². The van der Waals surface area contributed by atoms with E-state index in [4.69, 9.17) is 5.73 Å². The van der Waals surface area contributed by atoms with Crippen molar-refractivity contribution in [2.45, 2.75) is 38.6 Å². The number of H-pyrrole nitrogens is 1. The van der Waals surface area contributed by atoms with E-state index in [1.54, 1.807) is 0 Å². The van der Waals surface area contributed by atoms with Crippen molar-refractivity contribution >= 4 is 11.6 Å². The van der Waals surface area contributed by atoms with Crippen LogP contribution >= 0.6 is 0 Å². The van der Waals surface area contributed by atoms with Crippen LogP contribution in [-0.4, -0.2) is 47.2 Å². The van der Waals surface area contributed by atoms with Crippen molar-refractivity contribution in [1.82, 2.24) is 20.4 Å². The van der Waals surface area contributed by atoms with Gasteiger partial charge in [0.25, 0.3) is 5.91 Å². The second-order valence-electron chi connectivity index (χ2n) is 5.50. The van der Waals surface area contributed by atoms with Gasteiger partial charge in [0, 0.05) is 25.0 Å². The largest absolute Gasteiger partial charge is 0.395 e. The normalized spacial score (nSPS) is 15.2. The molecule has 1 aromatic heterocycles. The second-order valence-corrected chi connectivity index (χ2v) is 5.50. The van der Waals surface area contributed by atoms with E-state index in [9.17, 15) is 4.79 Å². The van der Waals surface area contributed by atoms with E-state index in [-0.39, 0.29) is 5.91 Å². The Morgan fingerprint density at radius 2 is 2.26 bits per heavy atom. The van der Waals surface area contributed by atoms with Crippen LogP contribution in [0.1, 0.15) is 48.8 Å². The molecule has 1 heterocycles. The predicted molar refractivity (Wildman–Crippen MR) is 75.1 cm³/mol. The summed E-state index contributed by atoms with van der Waals surface area (Å²) in [4.78, 5) is 14.2. The van der Waals surface area contributed by atoms with Crippen LogP contribution in [-0.2, 0) is 0 Å². The minimum atomic E-state index is -0.196. The monoisotopic (exact) mass is 265 g/mol. The summed E-state index contributed by atoms with van der Waals surface area (Å²) in [6, 6.07) is 0.467. The lowest BCUT2D eigenvalue weighted by Crippen LogP contribution is -2.36. The molecule has 4 N–H and O–H groups in total. The molecule has 1 aromatic rings. The zero-order valence-corrected chi connectivity index (χ0v) is 11.9. The molecule has 19 heavy (non-hydrogen) atoms. The van der Waals surface area contributed by atoms with E-state index >= 15 is 0 Å². The smallest absolute Gasteiger partial charge is 0.273 e. The van der Waals surface area contributed by atoms with Gasteiger partial charge in [0.15, 0.2) is 5.69 Å². The molecule has 0 radical (unpaired) electrons. The van der Waals surface area contributed by atoms with Gasteiger partial charge in [-0.2, -0.15) is 5.10 Å². The number of aromatic amines is 1. The van der Waals surface area contributed by atoms with Gasteiger partial charge in [-0.05, 0) is 33.7 Å². The molecule has 0 aromatic carbocycles. The molecule has 1 saturated carbocycles. The van der Waals surface area contributed by atoms with Gasteiger partial charge in [0.05, 0.1) is 11.4 Å². The molecular weight excluding hydrogens is 242 g/mol. The van der Waals surface area contributed by atoms with Crippen LogP contribution in [0.5, 0.6) is 0 Å². The Kier molecular flexibility index (Phi) is 4.09. The van der Waals surface area contributed by atoms with Gasteiger partial charge < -0.3 is 16.0 Å². The van der Waals surface area contributed by atoms with Crippen molar-refractivity contribution in [2.24, 2.45) is 0 Å². The van der Waals surface area contributed by atoms with Crippen LogP contribution in [0.25, 0.3) is 0 Å². The van der Waals surface area contributed by atoms with Gasteiger partial charge in [-0.25, -0.2) is 0 Å². The van der Waals surface area contributed by atoms with Crippen molar-refractivity contribution in [3.05, 3.63) is 11.4 Å². The molecular formula is C13H23N5O. The lowest BCUT2D eigenvalue weighted by atomic mass is 10.2. The molecule has 6 heteroatoms. The number of nitrogens with two attached hydrogens (primary N) is 1. The molecule has 6 nitrogen and oxygen atoms in total. The number of hydrogen-bond donors (Lipinski definition) is 3. The number of carbonyl (C=O) groups is 1. The highest BCUT2D eigenvalue weighted by Gasteiger charge is 2.30. The maximum atomic E-state index is 12.0. The van der Waals surface area contributed by atoms with Crippen molar-refractivity contribution in [3.8, 4) is 0 Å². The molecule has 0 saturated heterocycles. The number of likely N-dealkylation sites (N-methyl/N-ethyl adjacent to an activating group) is 1. The number of carbonyl (C=O) groups excluding carboxylic acids is 1. The molecule has 1 aliphatic carbocycles. The molecule has 0 aliphatic heterocycles. The topological polar surface area (TPSA) is 87.0 Å². The molecule has 0 unspecified atom stereocenters. The van der Waals surface area contributed by atoms with Gasteiger partial charge in [-0.1, -0.05) is 0 Å². The standard InChI is InChI=1S/C13H23N5O/c1-8(2)18(3)7-6-15-13(19)12-10(14)11(16-17-12)9-4-5-9/h8-9H,4-7,14H2,1-3H3,(H,15,19)(H,16,17). The van der Waals surface area contributed by atoms with Crippen molar-refractivity contribution in [2.75, 3.05) is 25.9 Å².